The van der Waals surface area contributed by atoms with Crippen LogP contribution in [0.15, 0.2) is 65.7 Å². The van der Waals surface area contributed by atoms with Crippen LogP contribution in [0, 0.1) is 5.82 Å². The van der Waals surface area contributed by atoms with E-state index in [-0.39, 0.29) is 29.0 Å². The summed E-state index contributed by atoms with van der Waals surface area (Å²) in [4.78, 5) is 15.6. The summed E-state index contributed by atoms with van der Waals surface area (Å²) in [6.07, 6.45) is 1.44. The molecule has 0 spiro atoms. The normalized spacial score (nSPS) is 13.2. The quantitative estimate of drug-likeness (QED) is 0.666. The molecule has 2 heterocycles. The molecule has 1 aliphatic rings. The first-order chi connectivity index (χ1) is 13.9. The summed E-state index contributed by atoms with van der Waals surface area (Å²) in [5.74, 6) is -0.391. The van der Waals surface area contributed by atoms with Crippen LogP contribution in [0.4, 0.5) is 15.0 Å². The van der Waals surface area contributed by atoms with Gasteiger partial charge in [-0.15, -0.1) is 0 Å². The number of hydrogen-bond acceptors (Lipinski definition) is 5. The molecule has 4 rings (SSSR count). The van der Waals surface area contributed by atoms with E-state index < -0.39 is 15.7 Å². The predicted molar refractivity (Wildman–Crippen MR) is 104 cm³/mol. The summed E-state index contributed by atoms with van der Waals surface area (Å²) < 4.78 is 45.2. The van der Waals surface area contributed by atoms with E-state index in [1.807, 2.05) is 0 Å². The molecule has 0 saturated heterocycles. The molecule has 0 saturated carbocycles. The topological polar surface area (TPSA) is 97.4 Å². The third-order valence-electron chi connectivity index (χ3n) is 4.35. The van der Waals surface area contributed by atoms with E-state index in [1.165, 1.54) is 30.5 Å². The van der Waals surface area contributed by atoms with Crippen molar-refractivity contribution in [3.63, 3.8) is 0 Å². The molecule has 0 unspecified atom stereocenters. The number of fused-ring (bicyclic) bond motifs is 1. The lowest BCUT2D eigenvalue weighted by molar-refractivity contribution is 0.250. The standard InChI is InChI=1S/C20H16FN3O4S/c21-16-10-13(12-29(26,27)14-4-2-1-3-5-14)6-7-18(16)28-17-8-9-22-19-15(17)11-23-20(25)24-19/h1-10H,11-12H2,(H2,22,23,24,25). The van der Waals surface area contributed by atoms with Crippen molar-refractivity contribution in [3.8, 4) is 11.5 Å². The van der Waals surface area contributed by atoms with Gasteiger partial charge in [0, 0.05) is 6.20 Å². The predicted octanol–water partition coefficient (Wildman–Crippen LogP) is 3.62. The number of hydrogen-bond donors (Lipinski definition) is 2. The van der Waals surface area contributed by atoms with Crippen molar-refractivity contribution in [2.24, 2.45) is 0 Å². The molecule has 0 bridgehead atoms. The zero-order valence-corrected chi connectivity index (χ0v) is 15.9. The van der Waals surface area contributed by atoms with Gasteiger partial charge in [-0.3, -0.25) is 5.32 Å². The number of nitrogens with one attached hydrogen (secondary N) is 2. The van der Waals surface area contributed by atoms with Crippen molar-refractivity contribution in [2.45, 2.75) is 17.2 Å². The number of nitrogens with zero attached hydrogens (tertiary/aromatic N) is 1. The van der Waals surface area contributed by atoms with Crippen molar-refractivity contribution in [2.75, 3.05) is 5.32 Å². The first-order valence-corrected chi connectivity index (χ1v) is 10.3. The Bertz CT molecular complexity index is 1180. The summed E-state index contributed by atoms with van der Waals surface area (Å²) in [5.41, 5.74) is 0.895. The Morgan fingerprint density at radius 3 is 2.62 bits per heavy atom. The van der Waals surface area contributed by atoms with Gasteiger partial charge in [0.1, 0.15) is 11.6 Å². The Balaban J connectivity index is 1.56. The van der Waals surface area contributed by atoms with Crippen LogP contribution >= 0.6 is 0 Å². The van der Waals surface area contributed by atoms with E-state index in [9.17, 15) is 17.6 Å². The number of amides is 2. The Hall–Kier alpha value is -3.46. The summed E-state index contributed by atoms with van der Waals surface area (Å²) in [6, 6.07) is 13.2. The molecule has 0 radical (unpaired) electrons. The number of sulfone groups is 1. The molecule has 0 atom stereocenters. The Morgan fingerprint density at radius 1 is 1.07 bits per heavy atom. The van der Waals surface area contributed by atoms with E-state index in [4.69, 9.17) is 4.74 Å². The molecule has 0 fully saturated rings. The van der Waals surface area contributed by atoms with Gasteiger partial charge >= 0.3 is 6.03 Å². The van der Waals surface area contributed by atoms with E-state index in [0.717, 1.165) is 6.07 Å². The van der Waals surface area contributed by atoms with Crippen LogP contribution in [0.5, 0.6) is 11.5 Å². The minimum absolute atomic E-state index is 0.0591. The van der Waals surface area contributed by atoms with Crippen LogP contribution in [-0.4, -0.2) is 19.4 Å². The molecular weight excluding hydrogens is 397 g/mol. The smallest absolute Gasteiger partial charge is 0.320 e. The highest BCUT2D eigenvalue weighted by Gasteiger charge is 2.21. The molecule has 1 aromatic heterocycles. The Morgan fingerprint density at radius 2 is 1.86 bits per heavy atom. The molecule has 7 nitrogen and oxygen atoms in total. The third kappa shape index (κ3) is 4.04. The fraction of sp³-hybridized carbons (Fsp3) is 0.100. The molecule has 2 aromatic carbocycles. The minimum atomic E-state index is -3.58. The summed E-state index contributed by atoms with van der Waals surface area (Å²) in [5, 5.41) is 5.15. The number of halogens is 1. The van der Waals surface area contributed by atoms with Gasteiger partial charge in [0.25, 0.3) is 0 Å². The number of urea groups is 1. The van der Waals surface area contributed by atoms with E-state index in [1.54, 1.807) is 24.3 Å². The number of ether oxygens (including phenoxy) is 1. The van der Waals surface area contributed by atoms with Crippen molar-refractivity contribution in [1.29, 1.82) is 0 Å². The van der Waals surface area contributed by atoms with Crippen molar-refractivity contribution >= 4 is 21.7 Å². The van der Waals surface area contributed by atoms with Crippen LogP contribution in [0.3, 0.4) is 0 Å². The number of carbonyl (C=O) groups excluding carboxylic acids is 1. The zero-order valence-electron chi connectivity index (χ0n) is 15.1. The lowest BCUT2D eigenvalue weighted by Crippen LogP contribution is -2.34. The zero-order chi connectivity index (χ0) is 20.4. The first kappa shape index (κ1) is 18.9. The maximum atomic E-state index is 14.6. The molecule has 9 heteroatoms. The number of benzene rings is 2. The highest BCUT2D eigenvalue weighted by atomic mass is 32.2. The first-order valence-electron chi connectivity index (χ1n) is 8.69. The fourth-order valence-electron chi connectivity index (χ4n) is 2.94. The van der Waals surface area contributed by atoms with E-state index in [2.05, 4.69) is 15.6 Å². The van der Waals surface area contributed by atoms with Crippen LogP contribution in [0.25, 0.3) is 0 Å². The van der Waals surface area contributed by atoms with Gasteiger partial charge in [-0.1, -0.05) is 24.3 Å². The molecule has 29 heavy (non-hydrogen) atoms. The molecule has 1 aliphatic heterocycles. The van der Waals surface area contributed by atoms with Gasteiger partial charge in [0.05, 0.1) is 22.8 Å². The number of carbonyl (C=O) groups is 1. The van der Waals surface area contributed by atoms with Crippen molar-refractivity contribution in [1.82, 2.24) is 10.3 Å². The van der Waals surface area contributed by atoms with Gasteiger partial charge < -0.3 is 10.1 Å². The van der Waals surface area contributed by atoms with Gasteiger partial charge in [0.15, 0.2) is 21.4 Å². The van der Waals surface area contributed by atoms with Crippen LogP contribution in [0.2, 0.25) is 0 Å². The monoisotopic (exact) mass is 413 g/mol. The second-order valence-electron chi connectivity index (χ2n) is 6.38. The number of anilines is 1. The molecule has 0 aliphatic carbocycles. The van der Waals surface area contributed by atoms with E-state index >= 15 is 0 Å². The highest BCUT2D eigenvalue weighted by Crippen LogP contribution is 2.32. The fourth-order valence-corrected chi connectivity index (χ4v) is 4.29. The van der Waals surface area contributed by atoms with Gasteiger partial charge in [-0.05, 0) is 35.9 Å². The van der Waals surface area contributed by atoms with Crippen molar-refractivity contribution < 1.29 is 22.3 Å². The molecule has 148 valence electrons. The van der Waals surface area contributed by atoms with Gasteiger partial charge in [-0.25, -0.2) is 22.6 Å². The van der Waals surface area contributed by atoms with Crippen LogP contribution < -0.4 is 15.4 Å². The summed E-state index contributed by atoms with van der Waals surface area (Å²) in [6.45, 7) is 0.194. The van der Waals surface area contributed by atoms with Crippen molar-refractivity contribution in [3.05, 3.63) is 77.7 Å². The number of pyridine rings is 1. The third-order valence-corrected chi connectivity index (χ3v) is 6.05. The molecule has 2 N–H and O–H groups in total. The second kappa shape index (κ2) is 7.51. The lowest BCUT2D eigenvalue weighted by atomic mass is 10.2. The SMILES string of the molecule is O=C1NCc2c(Oc3ccc(CS(=O)(=O)c4ccccc4)cc3F)ccnc2N1. The Labute approximate surface area is 166 Å². The maximum Gasteiger partial charge on any atom is 0.320 e. The molecule has 3 aromatic rings. The molecule has 2 amide bonds. The highest BCUT2D eigenvalue weighted by molar-refractivity contribution is 7.90. The minimum Gasteiger partial charge on any atom is -0.454 e. The van der Waals surface area contributed by atoms with E-state index in [0.29, 0.717) is 22.7 Å². The molecular formula is C20H16FN3O4S. The van der Waals surface area contributed by atoms with Gasteiger partial charge in [0.2, 0.25) is 0 Å². The average molecular weight is 413 g/mol. The van der Waals surface area contributed by atoms with Crippen LogP contribution in [-0.2, 0) is 22.1 Å². The number of rotatable bonds is 5. The summed E-state index contributed by atoms with van der Waals surface area (Å²) in [7, 11) is -3.58. The number of aromatic nitrogens is 1. The maximum absolute atomic E-state index is 14.6. The lowest BCUT2D eigenvalue weighted by Gasteiger charge is -2.20. The second-order valence-corrected chi connectivity index (χ2v) is 8.37. The summed E-state index contributed by atoms with van der Waals surface area (Å²) >= 11 is 0. The van der Waals surface area contributed by atoms with Crippen LogP contribution in [0.1, 0.15) is 11.1 Å². The van der Waals surface area contributed by atoms with Gasteiger partial charge in [-0.2, -0.15) is 0 Å². The average Bonchev–Trinajstić information content (AvgIpc) is 2.70. The largest absolute Gasteiger partial charge is 0.454 e. The Kier molecular flexibility index (Phi) is 4.89.